The molecular weight excluding hydrogens is 502 g/mol. The van der Waals surface area contributed by atoms with Gasteiger partial charge in [-0.25, -0.2) is 4.79 Å². The Morgan fingerprint density at radius 3 is 2.58 bits per heavy atom. The standard InChI is InChI=1S/C17H15ClN5OPS.C2HF3O2/c1-25(2,24)11-5-3-4-10(8-11)16-21-17(26-23-16)20-14-7-6-13-12(15(14)18)9-19-22-13;3-2(4,5)1(6)7/h3-9H,1-2H3,(H,19,22)(H,20,21,23);(H,6,7). The molecule has 2 aromatic carbocycles. The van der Waals surface area contributed by atoms with Crippen LogP contribution < -0.4 is 10.6 Å². The van der Waals surface area contributed by atoms with Crippen molar-refractivity contribution in [2.75, 3.05) is 18.6 Å². The van der Waals surface area contributed by atoms with Crippen LogP contribution in [0.5, 0.6) is 0 Å². The zero-order chi connectivity index (χ0) is 24.4. The number of aromatic amines is 1. The Kier molecular flexibility index (Phi) is 7.11. The lowest BCUT2D eigenvalue weighted by Gasteiger charge is -2.07. The lowest BCUT2D eigenvalue weighted by Crippen LogP contribution is -2.21. The van der Waals surface area contributed by atoms with Crippen LogP contribution in [0.15, 0.2) is 42.6 Å². The molecule has 0 saturated carbocycles. The van der Waals surface area contributed by atoms with E-state index in [2.05, 4.69) is 24.9 Å². The highest BCUT2D eigenvalue weighted by molar-refractivity contribution is 7.70. The van der Waals surface area contributed by atoms with Gasteiger partial charge in [-0.05, 0) is 31.5 Å². The molecule has 0 amide bonds. The summed E-state index contributed by atoms with van der Waals surface area (Å²) in [5, 5.41) is 20.1. The van der Waals surface area contributed by atoms with E-state index in [0.29, 0.717) is 16.0 Å². The summed E-state index contributed by atoms with van der Waals surface area (Å²) in [6.45, 7) is 3.50. The average molecular weight is 518 g/mol. The van der Waals surface area contributed by atoms with Gasteiger partial charge in [-0.15, -0.1) is 0 Å². The van der Waals surface area contributed by atoms with Gasteiger partial charge in [0.25, 0.3) is 0 Å². The number of aromatic nitrogens is 4. The van der Waals surface area contributed by atoms with Gasteiger partial charge in [-0.1, -0.05) is 29.8 Å². The monoisotopic (exact) mass is 517 g/mol. The third-order valence-corrected chi connectivity index (χ3v) is 6.75. The van der Waals surface area contributed by atoms with Crippen LogP contribution in [0.4, 0.5) is 24.0 Å². The smallest absolute Gasteiger partial charge is 0.475 e. The molecule has 4 rings (SSSR count). The van der Waals surface area contributed by atoms with Crippen LogP contribution in [0.3, 0.4) is 0 Å². The molecule has 0 bridgehead atoms. The van der Waals surface area contributed by atoms with Crippen LogP contribution in [0.1, 0.15) is 0 Å². The minimum Gasteiger partial charge on any atom is -0.475 e. The number of carbonyl (C=O) groups is 1. The summed E-state index contributed by atoms with van der Waals surface area (Å²) in [7, 11) is -2.33. The van der Waals surface area contributed by atoms with Crippen molar-refractivity contribution in [1.29, 1.82) is 0 Å². The maximum atomic E-state index is 12.3. The third-order valence-electron chi connectivity index (χ3n) is 4.19. The quantitative estimate of drug-likeness (QED) is 0.312. The van der Waals surface area contributed by atoms with Gasteiger partial charge in [0.15, 0.2) is 5.82 Å². The number of benzene rings is 2. The van der Waals surface area contributed by atoms with Crippen molar-refractivity contribution in [3.05, 3.63) is 47.6 Å². The summed E-state index contributed by atoms with van der Waals surface area (Å²) < 4.78 is 48.4. The molecule has 0 radical (unpaired) electrons. The summed E-state index contributed by atoms with van der Waals surface area (Å²) in [6, 6.07) is 11.3. The van der Waals surface area contributed by atoms with Crippen molar-refractivity contribution in [3.8, 4) is 11.4 Å². The zero-order valence-electron chi connectivity index (χ0n) is 17.0. The Labute approximate surface area is 194 Å². The number of nitrogens with one attached hydrogen (secondary N) is 2. The highest BCUT2D eigenvalue weighted by Gasteiger charge is 2.38. The lowest BCUT2D eigenvalue weighted by atomic mass is 10.2. The Morgan fingerprint density at radius 1 is 1.24 bits per heavy atom. The maximum absolute atomic E-state index is 12.3. The number of carboxylic acids is 1. The Balaban J connectivity index is 0.000000383. The number of aliphatic carboxylic acids is 1. The molecule has 4 aromatic rings. The van der Waals surface area contributed by atoms with E-state index < -0.39 is 19.3 Å². The van der Waals surface area contributed by atoms with E-state index in [4.69, 9.17) is 21.5 Å². The molecule has 0 unspecified atom stereocenters. The first-order chi connectivity index (χ1) is 15.4. The molecule has 8 nitrogen and oxygen atoms in total. The van der Waals surface area contributed by atoms with E-state index in [1.54, 1.807) is 19.5 Å². The second-order valence-corrected chi connectivity index (χ2v) is 11.4. The number of alkyl halides is 3. The van der Waals surface area contributed by atoms with E-state index in [0.717, 1.165) is 27.5 Å². The van der Waals surface area contributed by atoms with Gasteiger partial charge in [0, 0.05) is 27.8 Å². The first kappa shape index (κ1) is 24.7. The summed E-state index contributed by atoms with van der Waals surface area (Å²) >= 11 is 7.68. The summed E-state index contributed by atoms with van der Waals surface area (Å²) in [6.07, 6.45) is -3.40. The number of rotatable bonds is 4. The van der Waals surface area contributed by atoms with Crippen molar-refractivity contribution in [1.82, 2.24) is 19.6 Å². The van der Waals surface area contributed by atoms with Gasteiger partial charge in [0.2, 0.25) is 5.13 Å². The molecule has 2 aromatic heterocycles. The number of halogens is 4. The van der Waals surface area contributed by atoms with E-state index in [9.17, 15) is 17.7 Å². The molecule has 33 heavy (non-hydrogen) atoms. The lowest BCUT2D eigenvalue weighted by molar-refractivity contribution is -0.192. The SMILES string of the molecule is CP(C)(=O)c1cccc(-c2nsc(Nc3ccc4[nH]ncc4c3Cl)n2)c1.O=C(O)C(F)(F)F. The number of H-pyrrole nitrogens is 1. The summed E-state index contributed by atoms with van der Waals surface area (Å²) in [4.78, 5) is 13.4. The topological polar surface area (TPSA) is 121 Å². The molecule has 0 saturated heterocycles. The predicted octanol–water partition coefficient (Wildman–Crippen LogP) is 5.36. The molecule has 0 atom stereocenters. The summed E-state index contributed by atoms with van der Waals surface area (Å²) in [5.74, 6) is -2.17. The van der Waals surface area contributed by atoms with Gasteiger partial charge in [0.05, 0.1) is 22.4 Å². The number of carboxylic acid groups (broad SMARTS) is 1. The molecule has 0 aliphatic rings. The van der Waals surface area contributed by atoms with Gasteiger partial charge < -0.3 is 15.0 Å². The fourth-order valence-corrected chi connectivity index (χ4v) is 4.32. The van der Waals surface area contributed by atoms with Gasteiger partial charge in [0.1, 0.15) is 7.14 Å². The first-order valence-corrected chi connectivity index (χ1v) is 12.8. The molecule has 0 spiro atoms. The minimum absolute atomic E-state index is 0.577. The molecule has 174 valence electrons. The molecular formula is C19H16ClF3N5O3PS. The second kappa shape index (κ2) is 9.50. The van der Waals surface area contributed by atoms with Crippen molar-refractivity contribution >= 4 is 63.3 Å². The van der Waals surface area contributed by atoms with Gasteiger partial charge in [-0.3, -0.25) is 5.10 Å². The molecule has 14 heteroatoms. The van der Waals surface area contributed by atoms with Crippen LogP contribution in [0.25, 0.3) is 22.3 Å². The van der Waals surface area contributed by atoms with Gasteiger partial charge in [-0.2, -0.15) is 27.6 Å². The molecule has 0 fully saturated rings. The van der Waals surface area contributed by atoms with E-state index in [1.165, 1.54) is 11.5 Å². The average Bonchev–Trinajstić information content (AvgIpc) is 3.39. The van der Waals surface area contributed by atoms with Crippen molar-refractivity contribution < 1.29 is 27.6 Å². The highest BCUT2D eigenvalue weighted by atomic mass is 35.5. The van der Waals surface area contributed by atoms with Crippen LogP contribution in [-0.4, -0.2) is 50.1 Å². The Hall–Kier alpha value is -2.95. The Bertz CT molecular complexity index is 1350. The van der Waals surface area contributed by atoms with Gasteiger partial charge >= 0.3 is 12.1 Å². The number of anilines is 2. The normalized spacial score (nSPS) is 11.7. The first-order valence-electron chi connectivity index (χ1n) is 9.04. The Morgan fingerprint density at radius 2 is 1.94 bits per heavy atom. The van der Waals surface area contributed by atoms with E-state index in [1.807, 2.05) is 36.4 Å². The predicted molar refractivity (Wildman–Crippen MR) is 123 cm³/mol. The molecule has 0 aliphatic heterocycles. The number of hydrogen-bond donors (Lipinski definition) is 3. The van der Waals surface area contributed by atoms with Crippen LogP contribution >= 0.6 is 30.3 Å². The minimum atomic E-state index is -5.08. The number of fused-ring (bicyclic) bond motifs is 1. The van der Waals surface area contributed by atoms with Crippen LogP contribution in [0, 0.1) is 0 Å². The molecule has 3 N–H and O–H groups in total. The zero-order valence-corrected chi connectivity index (χ0v) is 19.5. The number of nitrogens with zero attached hydrogens (tertiary/aromatic N) is 3. The fourth-order valence-electron chi connectivity index (χ4n) is 2.57. The van der Waals surface area contributed by atoms with E-state index in [-0.39, 0.29) is 0 Å². The summed E-state index contributed by atoms with van der Waals surface area (Å²) in [5.41, 5.74) is 2.45. The molecule has 2 heterocycles. The molecule has 0 aliphatic carbocycles. The van der Waals surface area contributed by atoms with Crippen molar-refractivity contribution in [3.63, 3.8) is 0 Å². The highest BCUT2D eigenvalue weighted by Crippen LogP contribution is 2.36. The van der Waals surface area contributed by atoms with Crippen LogP contribution in [-0.2, 0) is 9.36 Å². The third kappa shape index (κ3) is 6.10. The van der Waals surface area contributed by atoms with Crippen molar-refractivity contribution in [2.45, 2.75) is 6.18 Å². The second-order valence-electron chi connectivity index (χ2n) is 7.01. The van der Waals surface area contributed by atoms with Crippen molar-refractivity contribution in [2.24, 2.45) is 0 Å². The van der Waals surface area contributed by atoms with Crippen LogP contribution in [0.2, 0.25) is 5.02 Å². The fraction of sp³-hybridized carbons (Fsp3) is 0.158. The largest absolute Gasteiger partial charge is 0.490 e. The van der Waals surface area contributed by atoms with E-state index >= 15 is 0 Å². The maximum Gasteiger partial charge on any atom is 0.490 e. The number of hydrogen-bond acceptors (Lipinski definition) is 7.